The molecule has 0 fully saturated rings. The SMILES string of the molecule is OB(O)C1NCCc2ccccc21. The molecule has 0 radical (unpaired) electrons. The van der Waals surface area contributed by atoms with Gasteiger partial charge in [0.2, 0.25) is 0 Å². The smallest absolute Gasteiger partial charge is 0.426 e. The maximum atomic E-state index is 9.12. The Morgan fingerprint density at radius 1 is 1.31 bits per heavy atom. The molecule has 0 bridgehead atoms. The lowest BCUT2D eigenvalue weighted by molar-refractivity contribution is 0.367. The first-order chi connectivity index (χ1) is 6.29. The summed E-state index contributed by atoms with van der Waals surface area (Å²) in [5.74, 6) is -0.329. The molecule has 1 aliphatic rings. The molecule has 3 nitrogen and oxygen atoms in total. The van der Waals surface area contributed by atoms with Crippen LogP contribution >= 0.6 is 0 Å². The van der Waals surface area contributed by atoms with Gasteiger partial charge in [-0.15, -0.1) is 0 Å². The zero-order chi connectivity index (χ0) is 9.26. The molecular weight excluding hydrogens is 165 g/mol. The molecule has 0 aromatic heterocycles. The van der Waals surface area contributed by atoms with Crippen molar-refractivity contribution in [3.63, 3.8) is 0 Å². The fourth-order valence-corrected chi connectivity index (χ4v) is 1.80. The molecule has 0 amide bonds. The van der Waals surface area contributed by atoms with Crippen LogP contribution in [0.2, 0.25) is 0 Å². The van der Waals surface area contributed by atoms with Crippen molar-refractivity contribution in [3.05, 3.63) is 35.4 Å². The van der Waals surface area contributed by atoms with Gasteiger partial charge in [0.1, 0.15) is 0 Å². The normalized spacial score (nSPS) is 20.9. The standard InChI is InChI=1S/C9H12BNO2/c12-10(13)9-8-4-2-1-3-7(8)5-6-11-9/h1-4,9,11-13H,5-6H2. The molecule has 68 valence electrons. The van der Waals surface area contributed by atoms with Gasteiger partial charge in [-0.25, -0.2) is 0 Å². The van der Waals surface area contributed by atoms with Crippen molar-refractivity contribution >= 4 is 7.12 Å². The van der Waals surface area contributed by atoms with Gasteiger partial charge in [-0.3, -0.25) is 0 Å². The van der Waals surface area contributed by atoms with Gasteiger partial charge in [-0.2, -0.15) is 0 Å². The maximum Gasteiger partial charge on any atom is 0.474 e. The molecule has 1 aliphatic heterocycles. The lowest BCUT2D eigenvalue weighted by atomic mass is 9.72. The van der Waals surface area contributed by atoms with Crippen LogP contribution in [0.15, 0.2) is 24.3 Å². The van der Waals surface area contributed by atoms with Crippen LogP contribution in [0, 0.1) is 0 Å². The van der Waals surface area contributed by atoms with Crippen molar-refractivity contribution in [1.29, 1.82) is 0 Å². The third kappa shape index (κ3) is 1.61. The first-order valence-electron chi connectivity index (χ1n) is 4.46. The summed E-state index contributed by atoms with van der Waals surface area (Å²) in [6, 6.07) is 7.86. The molecule has 1 atom stereocenters. The summed E-state index contributed by atoms with van der Waals surface area (Å²) in [4.78, 5) is 0. The minimum atomic E-state index is -1.32. The van der Waals surface area contributed by atoms with Crippen molar-refractivity contribution < 1.29 is 10.0 Å². The Kier molecular flexibility index (Phi) is 2.35. The Hall–Kier alpha value is -0.835. The minimum absolute atomic E-state index is 0.329. The average Bonchev–Trinajstić information content (AvgIpc) is 2.17. The van der Waals surface area contributed by atoms with Crippen molar-refractivity contribution in [3.8, 4) is 0 Å². The van der Waals surface area contributed by atoms with E-state index in [-0.39, 0.29) is 5.94 Å². The van der Waals surface area contributed by atoms with Crippen LogP contribution in [-0.2, 0) is 6.42 Å². The molecule has 1 aromatic rings. The summed E-state index contributed by atoms with van der Waals surface area (Å²) in [6.45, 7) is 0.805. The molecule has 1 unspecified atom stereocenters. The van der Waals surface area contributed by atoms with E-state index in [0.29, 0.717) is 0 Å². The fraction of sp³-hybridized carbons (Fsp3) is 0.333. The quantitative estimate of drug-likeness (QED) is 0.524. The van der Waals surface area contributed by atoms with Gasteiger partial charge < -0.3 is 15.4 Å². The van der Waals surface area contributed by atoms with Crippen molar-refractivity contribution in [2.75, 3.05) is 6.54 Å². The summed E-state index contributed by atoms with van der Waals surface area (Å²) < 4.78 is 0. The molecule has 0 saturated carbocycles. The predicted molar refractivity (Wildman–Crippen MR) is 51.1 cm³/mol. The molecule has 3 N–H and O–H groups in total. The Bertz CT molecular complexity index is 303. The lowest BCUT2D eigenvalue weighted by Crippen LogP contribution is -2.40. The predicted octanol–water partition coefficient (Wildman–Crippen LogP) is -0.115. The summed E-state index contributed by atoms with van der Waals surface area (Å²) in [5.41, 5.74) is 2.21. The Morgan fingerprint density at radius 3 is 2.85 bits per heavy atom. The van der Waals surface area contributed by atoms with Gasteiger partial charge in [-0.1, -0.05) is 24.3 Å². The Morgan fingerprint density at radius 2 is 2.08 bits per heavy atom. The third-order valence-corrected chi connectivity index (χ3v) is 2.45. The van der Waals surface area contributed by atoms with Crippen LogP contribution < -0.4 is 5.32 Å². The van der Waals surface area contributed by atoms with Crippen molar-refractivity contribution in [1.82, 2.24) is 5.32 Å². The van der Waals surface area contributed by atoms with Crippen LogP contribution in [0.4, 0.5) is 0 Å². The zero-order valence-corrected chi connectivity index (χ0v) is 7.27. The monoisotopic (exact) mass is 177 g/mol. The fourth-order valence-electron chi connectivity index (χ4n) is 1.80. The second-order valence-corrected chi connectivity index (χ2v) is 3.29. The highest BCUT2D eigenvalue weighted by Crippen LogP contribution is 2.22. The molecule has 2 rings (SSSR count). The van der Waals surface area contributed by atoms with Gasteiger partial charge in [0.15, 0.2) is 0 Å². The molecule has 1 heterocycles. The van der Waals surface area contributed by atoms with Gasteiger partial charge in [0.05, 0.1) is 5.94 Å². The van der Waals surface area contributed by atoms with Gasteiger partial charge >= 0.3 is 7.12 Å². The van der Waals surface area contributed by atoms with Crippen LogP contribution in [0.1, 0.15) is 17.1 Å². The second kappa shape index (κ2) is 3.50. The highest BCUT2D eigenvalue weighted by atomic mass is 16.4. The number of benzene rings is 1. The first kappa shape index (κ1) is 8.75. The van der Waals surface area contributed by atoms with Gasteiger partial charge in [-0.05, 0) is 24.1 Å². The van der Waals surface area contributed by atoms with E-state index in [0.717, 1.165) is 18.5 Å². The van der Waals surface area contributed by atoms with E-state index in [4.69, 9.17) is 10.0 Å². The average molecular weight is 177 g/mol. The second-order valence-electron chi connectivity index (χ2n) is 3.29. The summed E-state index contributed by atoms with van der Waals surface area (Å²) in [6.07, 6.45) is 0.958. The number of rotatable bonds is 1. The van der Waals surface area contributed by atoms with Crippen LogP contribution in [-0.4, -0.2) is 23.7 Å². The van der Waals surface area contributed by atoms with Crippen molar-refractivity contribution in [2.45, 2.75) is 12.4 Å². The Balaban J connectivity index is 2.37. The van der Waals surface area contributed by atoms with Gasteiger partial charge in [0, 0.05) is 0 Å². The number of hydrogen-bond acceptors (Lipinski definition) is 3. The van der Waals surface area contributed by atoms with E-state index in [9.17, 15) is 0 Å². The summed E-state index contributed by atoms with van der Waals surface area (Å²) in [5, 5.41) is 21.3. The molecule has 0 aliphatic carbocycles. The number of hydrogen-bond donors (Lipinski definition) is 3. The van der Waals surface area contributed by atoms with Crippen LogP contribution in [0.25, 0.3) is 0 Å². The highest BCUT2D eigenvalue weighted by Gasteiger charge is 2.28. The molecule has 13 heavy (non-hydrogen) atoms. The van der Waals surface area contributed by atoms with E-state index in [1.165, 1.54) is 5.56 Å². The zero-order valence-electron chi connectivity index (χ0n) is 7.27. The van der Waals surface area contributed by atoms with E-state index in [1.807, 2.05) is 24.3 Å². The first-order valence-corrected chi connectivity index (χ1v) is 4.46. The third-order valence-electron chi connectivity index (χ3n) is 2.45. The van der Waals surface area contributed by atoms with E-state index in [2.05, 4.69) is 5.32 Å². The highest BCUT2D eigenvalue weighted by molar-refractivity contribution is 6.43. The lowest BCUT2D eigenvalue weighted by Gasteiger charge is -2.25. The van der Waals surface area contributed by atoms with Crippen molar-refractivity contribution in [2.24, 2.45) is 0 Å². The minimum Gasteiger partial charge on any atom is -0.426 e. The molecule has 0 saturated heterocycles. The maximum absolute atomic E-state index is 9.12. The topological polar surface area (TPSA) is 52.5 Å². The van der Waals surface area contributed by atoms with E-state index < -0.39 is 7.12 Å². The Labute approximate surface area is 77.6 Å². The summed E-state index contributed by atoms with van der Waals surface area (Å²) >= 11 is 0. The number of fused-ring (bicyclic) bond motifs is 1. The largest absolute Gasteiger partial charge is 0.474 e. The van der Waals surface area contributed by atoms with Crippen LogP contribution in [0.5, 0.6) is 0 Å². The van der Waals surface area contributed by atoms with E-state index >= 15 is 0 Å². The molecule has 4 heteroatoms. The van der Waals surface area contributed by atoms with E-state index in [1.54, 1.807) is 0 Å². The molecule has 0 spiro atoms. The molecule has 1 aromatic carbocycles. The molecular formula is C9H12BNO2. The number of nitrogens with one attached hydrogen (secondary N) is 1. The van der Waals surface area contributed by atoms with Crippen LogP contribution in [0.3, 0.4) is 0 Å². The summed E-state index contributed by atoms with van der Waals surface area (Å²) in [7, 11) is -1.32. The van der Waals surface area contributed by atoms with Gasteiger partial charge in [0.25, 0.3) is 0 Å².